The Balaban J connectivity index is 2.28. The summed E-state index contributed by atoms with van der Waals surface area (Å²) in [6.45, 7) is 9.69. The van der Waals surface area contributed by atoms with Crippen LogP contribution >= 0.6 is 0 Å². The van der Waals surface area contributed by atoms with Gasteiger partial charge in [-0.3, -0.25) is 4.79 Å². The van der Waals surface area contributed by atoms with E-state index in [0.717, 1.165) is 19.4 Å². The van der Waals surface area contributed by atoms with Gasteiger partial charge in [0.1, 0.15) is 0 Å². The number of hydrogen-bond acceptors (Lipinski definition) is 2. The predicted octanol–water partition coefficient (Wildman–Crippen LogP) is 1.93. The van der Waals surface area contributed by atoms with Gasteiger partial charge in [-0.15, -0.1) is 0 Å². The molecule has 0 saturated carbocycles. The monoisotopic (exact) mass is 226 g/mol. The number of amides is 1. The van der Waals surface area contributed by atoms with E-state index in [0.29, 0.717) is 30.3 Å². The molecule has 3 atom stereocenters. The average molecular weight is 226 g/mol. The maximum atomic E-state index is 11.8. The first-order chi connectivity index (χ1) is 7.49. The van der Waals surface area contributed by atoms with E-state index >= 15 is 0 Å². The van der Waals surface area contributed by atoms with Crippen LogP contribution in [0.25, 0.3) is 0 Å². The normalized spacial score (nSPS) is 27.8. The Morgan fingerprint density at radius 1 is 1.44 bits per heavy atom. The molecule has 0 radical (unpaired) electrons. The van der Waals surface area contributed by atoms with Crippen molar-refractivity contribution in [2.45, 2.75) is 59.0 Å². The molecule has 0 bridgehead atoms. The highest BCUT2D eigenvalue weighted by Gasteiger charge is 2.21. The van der Waals surface area contributed by atoms with Crippen LogP contribution < -0.4 is 10.6 Å². The molecule has 1 rings (SSSR count). The van der Waals surface area contributed by atoms with Crippen molar-refractivity contribution in [1.29, 1.82) is 0 Å². The Bertz CT molecular complexity index is 228. The first-order valence-electron chi connectivity index (χ1n) is 6.51. The fraction of sp³-hybridized carbons (Fsp3) is 0.923. The summed E-state index contributed by atoms with van der Waals surface area (Å²) in [4.78, 5) is 11.8. The van der Waals surface area contributed by atoms with Gasteiger partial charge in [0.15, 0.2) is 0 Å². The van der Waals surface area contributed by atoms with Crippen molar-refractivity contribution in [3.8, 4) is 0 Å². The Kier molecular flexibility index (Phi) is 5.26. The van der Waals surface area contributed by atoms with Crippen LogP contribution in [0.2, 0.25) is 0 Å². The predicted molar refractivity (Wildman–Crippen MR) is 67.2 cm³/mol. The van der Waals surface area contributed by atoms with Gasteiger partial charge in [-0.2, -0.15) is 0 Å². The van der Waals surface area contributed by atoms with Gasteiger partial charge < -0.3 is 10.6 Å². The third kappa shape index (κ3) is 4.52. The highest BCUT2D eigenvalue weighted by molar-refractivity contribution is 5.76. The Morgan fingerprint density at radius 3 is 2.69 bits per heavy atom. The molecule has 16 heavy (non-hydrogen) atoms. The molecule has 3 heteroatoms. The zero-order valence-corrected chi connectivity index (χ0v) is 11.0. The second kappa shape index (κ2) is 6.24. The van der Waals surface area contributed by atoms with Crippen LogP contribution in [0.1, 0.15) is 47.0 Å². The lowest BCUT2D eigenvalue weighted by Crippen LogP contribution is -2.46. The molecule has 1 saturated heterocycles. The van der Waals surface area contributed by atoms with E-state index in [1.165, 1.54) is 0 Å². The summed E-state index contributed by atoms with van der Waals surface area (Å²) in [5.74, 6) is 1.28. The lowest BCUT2D eigenvalue weighted by atomic mass is 9.94. The van der Waals surface area contributed by atoms with Crippen LogP contribution in [0.15, 0.2) is 0 Å². The van der Waals surface area contributed by atoms with Crippen LogP contribution in [0, 0.1) is 11.8 Å². The summed E-state index contributed by atoms with van der Waals surface area (Å²) in [6, 6.07) is 0.907. The van der Waals surface area contributed by atoms with Crippen LogP contribution in [-0.2, 0) is 4.79 Å². The number of carbonyl (C=O) groups excluding carboxylic acids is 1. The molecule has 0 aliphatic carbocycles. The van der Waals surface area contributed by atoms with Crippen molar-refractivity contribution >= 4 is 5.91 Å². The third-order valence-corrected chi connectivity index (χ3v) is 3.63. The van der Waals surface area contributed by atoms with Gasteiger partial charge >= 0.3 is 0 Å². The summed E-state index contributed by atoms with van der Waals surface area (Å²) < 4.78 is 0. The number of piperidine rings is 1. The fourth-order valence-electron chi connectivity index (χ4n) is 2.08. The van der Waals surface area contributed by atoms with Gasteiger partial charge in [0.05, 0.1) is 0 Å². The fourth-order valence-corrected chi connectivity index (χ4v) is 2.08. The minimum atomic E-state index is 0.223. The van der Waals surface area contributed by atoms with Gasteiger partial charge in [0.2, 0.25) is 5.91 Å². The quantitative estimate of drug-likeness (QED) is 0.769. The van der Waals surface area contributed by atoms with E-state index < -0.39 is 0 Å². The van der Waals surface area contributed by atoms with E-state index in [9.17, 15) is 4.79 Å². The smallest absolute Gasteiger partial charge is 0.220 e. The van der Waals surface area contributed by atoms with Crippen molar-refractivity contribution in [1.82, 2.24) is 10.6 Å². The molecule has 3 nitrogen and oxygen atoms in total. The van der Waals surface area contributed by atoms with Crippen molar-refractivity contribution in [2.75, 3.05) is 6.54 Å². The Hall–Kier alpha value is -0.570. The molecule has 2 N–H and O–H groups in total. The largest absolute Gasteiger partial charge is 0.353 e. The summed E-state index contributed by atoms with van der Waals surface area (Å²) in [6.07, 6.45) is 2.78. The van der Waals surface area contributed by atoms with Crippen LogP contribution in [0.3, 0.4) is 0 Å². The Morgan fingerprint density at radius 2 is 2.12 bits per heavy atom. The van der Waals surface area contributed by atoms with Crippen LogP contribution in [-0.4, -0.2) is 24.5 Å². The van der Waals surface area contributed by atoms with E-state index in [-0.39, 0.29) is 5.91 Å². The average Bonchev–Trinajstić information content (AvgIpc) is 2.16. The standard InChI is InChI=1S/C13H26N2O/c1-9(2)10(3)7-13(16)15-12-5-6-14-11(4)8-12/h9-12,14H,5-8H2,1-4H3,(H,15,16). The summed E-state index contributed by atoms with van der Waals surface area (Å²) in [7, 11) is 0. The van der Waals surface area contributed by atoms with Crippen molar-refractivity contribution in [3.05, 3.63) is 0 Å². The van der Waals surface area contributed by atoms with Crippen LogP contribution in [0.5, 0.6) is 0 Å². The molecule has 1 aliphatic heterocycles. The zero-order valence-electron chi connectivity index (χ0n) is 11.0. The summed E-state index contributed by atoms with van der Waals surface area (Å²) >= 11 is 0. The zero-order chi connectivity index (χ0) is 12.1. The maximum absolute atomic E-state index is 11.8. The first kappa shape index (κ1) is 13.5. The van der Waals surface area contributed by atoms with E-state index in [1.807, 2.05) is 0 Å². The Labute approximate surface area is 99.4 Å². The second-order valence-electron chi connectivity index (χ2n) is 5.57. The molecule has 94 valence electrons. The highest BCUT2D eigenvalue weighted by atomic mass is 16.1. The van der Waals surface area contributed by atoms with Gasteiger partial charge in [-0.25, -0.2) is 0 Å². The summed E-state index contributed by atoms with van der Waals surface area (Å²) in [5, 5.41) is 6.55. The molecule has 1 amide bonds. The first-order valence-corrected chi connectivity index (χ1v) is 6.51. The highest BCUT2D eigenvalue weighted by Crippen LogP contribution is 2.14. The van der Waals surface area contributed by atoms with Gasteiger partial charge in [0.25, 0.3) is 0 Å². The second-order valence-corrected chi connectivity index (χ2v) is 5.57. The number of nitrogens with one attached hydrogen (secondary N) is 2. The van der Waals surface area contributed by atoms with Gasteiger partial charge in [-0.05, 0) is 38.1 Å². The van der Waals surface area contributed by atoms with E-state index in [4.69, 9.17) is 0 Å². The molecule has 0 spiro atoms. The van der Waals surface area contributed by atoms with E-state index in [2.05, 4.69) is 38.3 Å². The third-order valence-electron chi connectivity index (χ3n) is 3.63. The lowest BCUT2D eigenvalue weighted by Gasteiger charge is -2.29. The molecule has 1 aliphatic rings. The number of carbonyl (C=O) groups is 1. The van der Waals surface area contributed by atoms with Crippen molar-refractivity contribution in [3.63, 3.8) is 0 Å². The molecule has 1 heterocycles. The van der Waals surface area contributed by atoms with Gasteiger partial charge in [-0.1, -0.05) is 20.8 Å². The molecule has 1 fully saturated rings. The van der Waals surface area contributed by atoms with Crippen molar-refractivity contribution < 1.29 is 4.79 Å². The minimum Gasteiger partial charge on any atom is -0.353 e. The van der Waals surface area contributed by atoms with E-state index in [1.54, 1.807) is 0 Å². The summed E-state index contributed by atoms with van der Waals surface area (Å²) in [5.41, 5.74) is 0. The molecular formula is C13H26N2O. The topological polar surface area (TPSA) is 41.1 Å². The maximum Gasteiger partial charge on any atom is 0.220 e. The van der Waals surface area contributed by atoms with Crippen molar-refractivity contribution in [2.24, 2.45) is 11.8 Å². The lowest BCUT2D eigenvalue weighted by molar-refractivity contribution is -0.123. The molecule has 0 aromatic rings. The van der Waals surface area contributed by atoms with Crippen LogP contribution in [0.4, 0.5) is 0 Å². The number of hydrogen-bond donors (Lipinski definition) is 2. The minimum absolute atomic E-state index is 0.223. The molecule has 3 unspecified atom stereocenters. The SMILES string of the molecule is CC1CC(NC(=O)CC(C)C(C)C)CCN1. The molecule has 0 aromatic carbocycles. The van der Waals surface area contributed by atoms with Gasteiger partial charge in [0, 0.05) is 18.5 Å². The molecule has 0 aromatic heterocycles. The molecular weight excluding hydrogens is 200 g/mol. The number of rotatable bonds is 4.